The molecule has 0 saturated heterocycles. The molecule has 1 aliphatic carbocycles. The lowest BCUT2D eigenvalue weighted by Gasteiger charge is -2.25. The quantitative estimate of drug-likeness (QED) is 0.412. The van der Waals surface area contributed by atoms with Crippen molar-refractivity contribution >= 4 is 17.5 Å². The highest BCUT2D eigenvalue weighted by Gasteiger charge is 2.33. The van der Waals surface area contributed by atoms with Gasteiger partial charge in [0.05, 0.1) is 6.42 Å². The minimum atomic E-state index is -4.80. The Kier molecular flexibility index (Phi) is 7.04. The number of nitrogens with zero attached hydrogens (tertiary/aromatic N) is 3. The monoisotopic (exact) mass is 489 g/mol. The third kappa shape index (κ3) is 6.81. The lowest BCUT2D eigenvalue weighted by molar-refractivity contribution is -0.274. The molecule has 1 aromatic heterocycles. The summed E-state index contributed by atoms with van der Waals surface area (Å²) < 4.78 is 57.1. The maximum atomic E-state index is 15.4. The summed E-state index contributed by atoms with van der Waals surface area (Å²) in [5.41, 5.74) is 7.35. The minimum Gasteiger partial charge on any atom is -0.406 e. The molecule has 7 nitrogen and oxygen atoms in total. The average molecular weight is 489 g/mol. The van der Waals surface area contributed by atoms with Gasteiger partial charge in [-0.3, -0.25) is 4.79 Å². The van der Waals surface area contributed by atoms with Gasteiger partial charge in [0, 0.05) is 19.1 Å². The van der Waals surface area contributed by atoms with Crippen LogP contribution in [-0.4, -0.2) is 28.3 Å². The van der Waals surface area contributed by atoms with E-state index in [0.29, 0.717) is 5.56 Å². The molecule has 0 radical (unpaired) electrons. The molecule has 1 heterocycles. The van der Waals surface area contributed by atoms with E-state index in [2.05, 4.69) is 20.0 Å². The van der Waals surface area contributed by atoms with Crippen molar-refractivity contribution in [3.63, 3.8) is 0 Å². The van der Waals surface area contributed by atoms with Crippen LogP contribution in [0.2, 0.25) is 0 Å². The van der Waals surface area contributed by atoms with E-state index in [1.165, 1.54) is 24.5 Å². The molecule has 11 heteroatoms. The zero-order valence-electron chi connectivity index (χ0n) is 18.6. The average Bonchev–Trinajstić information content (AvgIpc) is 3.62. The first-order chi connectivity index (χ1) is 16.7. The smallest absolute Gasteiger partial charge is 0.406 e. The highest BCUT2D eigenvalue weighted by Crippen LogP contribution is 2.35. The molecule has 1 amide bonds. The molecular formula is C24H23F4N5O2. The Morgan fingerprint density at radius 3 is 2.46 bits per heavy atom. The van der Waals surface area contributed by atoms with Crippen LogP contribution in [0.15, 0.2) is 54.9 Å². The molecule has 1 saturated carbocycles. The third-order valence-corrected chi connectivity index (χ3v) is 5.38. The van der Waals surface area contributed by atoms with Gasteiger partial charge in [0.1, 0.15) is 12.1 Å². The van der Waals surface area contributed by atoms with E-state index in [1.54, 1.807) is 35.2 Å². The molecule has 1 fully saturated rings. The Morgan fingerprint density at radius 2 is 1.80 bits per heavy atom. The van der Waals surface area contributed by atoms with Crippen molar-refractivity contribution in [3.8, 4) is 5.75 Å². The Hall–Kier alpha value is -3.89. The first kappa shape index (κ1) is 24.2. The van der Waals surface area contributed by atoms with Crippen LogP contribution in [-0.2, 0) is 24.3 Å². The van der Waals surface area contributed by atoms with Crippen LogP contribution < -0.4 is 20.7 Å². The Morgan fingerprint density at radius 1 is 1.09 bits per heavy atom. The van der Waals surface area contributed by atoms with Gasteiger partial charge in [0.2, 0.25) is 11.7 Å². The molecule has 0 unspecified atom stereocenters. The number of hydrogen-bond acceptors (Lipinski definition) is 6. The fourth-order valence-corrected chi connectivity index (χ4v) is 3.65. The normalized spacial score (nSPS) is 13.4. The van der Waals surface area contributed by atoms with Crippen molar-refractivity contribution in [2.24, 2.45) is 5.73 Å². The molecule has 4 rings (SSSR count). The number of halogens is 4. The molecule has 3 N–H and O–H groups in total. The molecule has 35 heavy (non-hydrogen) atoms. The van der Waals surface area contributed by atoms with Gasteiger partial charge in [-0.2, -0.15) is 4.39 Å². The summed E-state index contributed by atoms with van der Waals surface area (Å²) in [5, 5.41) is 2.95. The third-order valence-electron chi connectivity index (χ3n) is 5.38. The van der Waals surface area contributed by atoms with E-state index < -0.39 is 18.1 Å². The second kappa shape index (κ2) is 10.2. The maximum Gasteiger partial charge on any atom is 0.573 e. The molecule has 2 aromatic carbocycles. The van der Waals surface area contributed by atoms with Crippen LogP contribution in [0.4, 0.5) is 29.2 Å². The van der Waals surface area contributed by atoms with Crippen LogP contribution in [0, 0.1) is 5.82 Å². The number of carbonyl (C=O) groups is 1. The Balaban J connectivity index is 1.48. The van der Waals surface area contributed by atoms with Crippen molar-refractivity contribution in [1.82, 2.24) is 9.97 Å². The summed E-state index contributed by atoms with van der Waals surface area (Å²) in [6.45, 7) is 0.443. The fourth-order valence-electron chi connectivity index (χ4n) is 3.65. The lowest BCUT2D eigenvalue weighted by atomic mass is 10.1. The van der Waals surface area contributed by atoms with E-state index in [0.717, 1.165) is 24.0 Å². The summed E-state index contributed by atoms with van der Waals surface area (Å²) >= 11 is 0. The van der Waals surface area contributed by atoms with Gasteiger partial charge in [-0.15, -0.1) is 13.2 Å². The van der Waals surface area contributed by atoms with E-state index in [9.17, 15) is 18.0 Å². The SMILES string of the molecule is NC(=O)Cc1ccc(CNc2ncnc(N(Cc3cccc(OC(F)(F)F)c3)C3CC3)c2F)cc1. The molecule has 0 spiro atoms. The number of rotatable bonds is 10. The second-order valence-electron chi connectivity index (χ2n) is 8.23. The van der Waals surface area contributed by atoms with Crippen LogP contribution in [0.3, 0.4) is 0 Å². The highest BCUT2D eigenvalue weighted by molar-refractivity contribution is 5.76. The molecule has 3 aromatic rings. The van der Waals surface area contributed by atoms with E-state index in [1.807, 2.05) is 0 Å². The number of alkyl halides is 3. The number of nitrogens with one attached hydrogen (secondary N) is 1. The molecule has 0 bridgehead atoms. The summed E-state index contributed by atoms with van der Waals surface area (Å²) in [4.78, 5) is 20.9. The van der Waals surface area contributed by atoms with E-state index >= 15 is 4.39 Å². The lowest BCUT2D eigenvalue weighted by Crippen LogP contribution is -2.27. The fraction of sp³-hybridized carbons (Fsp3) is 0.292. The van der Waals surface area contributed by atoms with Crippen molar-refractivity contribution in [2.45, 2.75) is 44.8 Å². The van der Waals surface area contributed by atoms with Gasteiger partial charge >= 0.3 is 6.36 Å². The highest BCUT2D eigenvalue weighted by atomic mass is 19.4. The number of nitrogens with two attached hydrogens (primary N) is 1. The predicted octanol–water partition coefficient (Wildman–Crippen LogP) is 4.32. The molecule has 1 aliphatic rings. The number of carbonyl (C=O) groups excluding carboxylic acids is 1. The van der Waals surface area contributed by atoms with Crippen LogP contribution in [0.5, 0.6) is 5.75 Å². The van der Waals surface area contributed by atoms with Gasteiger partial charge in [0.25, 0.3) is 0 Å². The zero-order chi connectivity index (χ0) is 25.0. The van der Waals surface area contributed by atoms with E-state index in [4.69, 9.17) is 5.73 Å². The van der Waals surface area contributed by atoms with Crippen LogP contribution in [0.25, 0.3) is 0 Å². The predicted molar refractivity (Wildman–Crippen MR) is 121 cm³/mol. The van der Waals surface area contributed by atoms with Crippen LogP contribution >= 0.6 is 0 Å². The van der Waals surface area contributed by atoms with Gasteiger partial charge < -0.3 is 20.7 Å². The molecule has 184 valence electrons. The topological polar surface area (TPSA) is 93.4 Å². The molecular weight excluding hydrogens is 466 g/mol. The summed E-state index contributed by atoms with van der Waals surface area (Å²) in [7, 11) is 0. The summed E-state index contributed by atoms with van der Waals surface area (Å²) in [6, 6.07) is 12.8. The van der Waals surface area contributed by atoms with E-state index in [-0.39, 0.29) is 42.9 Å². The molecule has 0 atom stereocenters. The Labute approximate surface area is 198 Å². The van der Waals surface area contributed by atoms with Gasteiger partial charge in [-0.1, -0.05) is 36.4 Å². The van der Waals surface area contributed by atoms with Crippen molar-refractivity contribution in [3.05, 3.63) is 77.4 Å². The first-order valence-corrected chi connectivity index (χ1v) is 10.9. The van der Waals surface area contributed by atoms with Crippen molar-refractivity contribution in [2.75, 3.05) is 10.2 Å². The minimum absolute atomic E-state index is 0.0102. The van der Waals surface area contributed by atoms with Crippen molar-refractivity contribution < 1.29 is 27.1 Å². The number of benzene rings is 2. The van der Waals surface area contributed by atoms with Crippen molar-refractivity contribution in [1.29, 1.82) is 0 Å². The molecule has 0 aliphatic heterocycles. The number of hydrogen-bond donors (Lipinski definition) is 2. The standard InChI is InChI=1S/C24H23F4N5O2/c25-21-22(30-12-16-6-4-15(5-7-16)11-20(29)34)31-14-32-23(21)33(18-8-9-18)13-17-2-1-3-19(10-17)35-24(26,27)28/h1-7,10,14,18H,8-9,11-13H2,(H2,29,34)(H,30,31,32). The Bertz CT molecular complexity index is 1180. The summed E-state index contributed by atoms with van der Waals surface area (Å²) in [5.74, 6) is -1.32. The number of anilines is 2. The number of ether oxygens (including phenoxy) is 1. The number of amides is 1. The zero-order valence-corrected chi connectivity index (χ0v) is 18.6. The van der Waals surface area contributed by atoms with Gasteiger partial charge in [-0.05, 0) is 41.7 Å². The summed E-state index contributed by atoms with van der Waals surface area (Å²) in [6.07, 6.45) is -1.77. The van der Waals surface area contributed by atoms with Gasteiger partial charge in [-0.25, -0.2) is 9.97 Å². The largest absolute Gasteiger partial charge is 0.573 e. The van der Waals surface area contributed by atoms with Crippen LogP contribution in [0.1, 0.15) is 29.5 Å². The number of aromatic nitrogens is 2. The first-order valence-electron chi connectivity index (χ1n) is 10.9. The van der Waals surface area contributed by atoms with Gasteiger partial charge in [0.15, 0.2) is 11.6 Å². The number of primary amides is 1. The second-order valence-corrected chi connectivity index (χ2v) is 8.23. The maximum absolute atomic E-state index is 15.4.